The lowest BCUT2D eigenvalue weighted by molar-refractivity contribution is -0.129. The Hall–Kier alpha value is -3.16. The molecule has 6 nitrogen and oxygen atoms in total. The number of rotatable bonds is 6. The molecule has 1 aliphatic heterocycles. The van der Waals surface area contributed by atoms with Crippen molar-refractivity contribution in [2.24, 2.45) is 0 Å². The van der Waals surface area contributed by atoms with E-state index < -0.39 is 5.25 Å². The first-order valence-corrected chi connectivity index (χ1v) is 12.1. The summed E-state index contributed by atoms with van der Waals surface area (Å²) in [5, 5.41) is 9.90. The minimum Gasteiger partial charge on any atom is -0.341 e. The van der Waals surface area contributed by atoms with Crippen LogP contribution in [0.3, 0.4) is 0 Å². The van der Waals surface area contributed by atoms with E-state index in [2.05, 4.69) is 15.2 Å². The molecule has 1 aliphatic rings. The van der Waals surface area contributed by atoms with Crippen molar-refractivity contribution in [1.82, 2.24) is 24.6 Å². The van der Waals surface area contributed by atoms with Gasteiger partial charge in [-0.15, -0.1) is 10.2 Å². The van der Waals surface area contributed by atoms with E-state index in [1.807, 2.05) is 76.2 Å². The van der Waals surface area contributed by atoms with Crippen molar-refractivity contribution in [3.8, 4) is 17.1 Å². The second-order valence-electron chi connectivity index (χ2n) is 7.79. The zero-order valence-corrected chi connectivity index (χ0v) is 19.4. The summed E-state index contributed by atoms with van der Waals surface area (Å²) in [5.74, 6) is 0.794. The molecule has 1 atom stereocenters. The summed E-state index contributed by atoms with van der Waals surface area (Å²) in [6.45, 7) is 1.60. The average molecular weight is 476 g/mol. The summed E-state index contributed by atoms with van der Waals surface area (Å²) in [7, 11) is 0. The summed E-state index contributed by atoms with van der Waals surface area (Å²) >= 11 is 7.57. The van der Waals surface area contributed by atoms with Crippen LogP contribution >= 0.6 is 23.4 Å². The number of hydrogen-bond donors (Lipinski definition) is 0. The van der Waals surface area contributed by atoms with Gasteiger partial charge in [0.15, 0.2) is 11.0 Å². The fourth-order valence-corrected chi connectivity index (χ4v) is 5.22. The second kappa shape index (κ2) is 9.77. The first-order valence-electron chi connectivity index (χ1n) is 10.8. The minimum atomic E-state index is -0.412. The molecule has 0 aliphatic carbocycles. The van der Waals surface area contributed by atoms with Crippen LogP contribution in [0.15, 0.2) is 84.3 Å². The van der Waals surface area contributed by atoms with Crippen LogP contribution in [0, 0.1) is 0 Å². The molecule has 2 aromatic carbocycles. The van der Waals surface area contributed by atoms with E-state index >= 15 is 0 Å². The molecule has 33 heavy (non-hydrogen) atoms. The van der Waals surface area contributed by atoms with Gasteiger partial charge in [-0.25, -0.2) is 0 Å². The van der Waals surface area contributed by atoms with Gasteiger partial charge in [-0.2, -0.15) is 0 Å². The third kappa shape index (κ3) is 4.65. The molecule has 0 radical (unpaired) electrons. The Balaban J connectivity index is 1.59. The summed E-state index contributed by atoms with van der Waals surface area (Å²) < 4.78 is 1.98. The Morgan fingerprint density at radius 3 is 2.30 bits per heavy atom. The zero-order chi connectivity index (χ0) is 22.6. The normalized spacial score (nSPS) is 14.4. The maximum atomic E-state index is 13.5. The Morgan fingerprint density at radius 2 is 1.61 bits per heavy atom. The lowest BCUT2D eigenvalue weighted by Gasteiger charge is -2.23. The molecule has 1 saturated heterocycles. The van der Waals surface area contributed by atoms with E-state index in [0.29, 0.717) is 16.0 Å². The number of likely N-dealkylation sites (tertiary alicyclic amines) is 1. The van der Waals surface area contributed by atoms with Gasteiger partial charge >= 0.3 is 0 Å². The highest BCUT2D eigenvalue weighted by atomic mass is 35.5. The average Bonchev–Trinajstić information content (AvgIpc) is 3.54. The second-order valence-corrected chi connectivity index (χ2v) is 9.30. The summed E-state index contributed by atoms with van der Waals surface area (Å²) in [6.07, 6.45) is 5.55. The Bertz CT molecular complexity index is 1220. The van der Waals surface area contributed by atoms with Crippen LogP contribution in [0.5, 0.6) is 0 Å². The SMILES string of the molecule is O=C([C@H](Sc1nnc(-c2ccncc2)n1-c1ccc(Cl)cc1)c1ccccc1)N1CCCC1. The third-order valence-corrected chi connectivity index (χ3v) is 7.06. The lowest BCUT2D eigenvalue weighted by Crippen LogP contribution is -2.31. The van der Waals surface area contributed by atoms with Crippen molar-refractivity contribution in [1.29, 1.82) is 0 Å². The van der Waals surface area contributed by atoms with Crippen molar-refractivity contribution in [3.05, 3.63) is 89.7 Å². The highest BCUT2D eigenvalue weighted by molar-refractivity contribution is 8.00. The van der Waals surface area contributed by atoms with Crippen LogP contribution in [0.25, 0.3) is 17.1 Å². The largest absolute Gasteiger partial charge is 0.341 e. The lowest BCUT2D eigenvalue weighted by atomic mass is 10.1. The van der Waals surface area contributed by atoms with Crippen LogP contribution in [0.1, 0.15) is 23.7 Å². The fourth-order valence-electron chi connectivity index (χ4n) is 3.95. The van der Waals surface area contributed by atoms with Crippen molar-refractivity contribution in [2.75, 3.05) is 13.1 Å². The van der Waals surface area contributed by atoms with Crippen molar-refractivity contribution >= 4 is 29.3 Å². The number of thioether (sulfide) groups is 1. The highest BCUT2D eigenvalue weighted by Crippen LogP contribution is 2.39. The van der Waals surface area contributed by atoms with E-state index in [1.54, 1.807) is 12.4 Å². The Kier molecular flexibility index (Phi) is 6.41. The standard InChI is InChI=1S/C25H22ClN5OS/c26-20-8-10-21(11-9-20)31-23(19-12-14-27-15-13-19)28-29-25(31)33-22(18-6-2-1-3-7-18)24(32)30-16-4-5-17-30/h1-3,6-15,22H,4-5,16-17H2/t22-/m1/s1. The predicted octanol–water partition coefficient (Wildman–Crippen LogP) is 5.44. The summed E-state index contributed by atoms with van der Waals surface area (Å²) in [5.41, 5.74) is 2.72. The van der Waals surface area contributed by atoms with Crippen LogP contribution < -0.4 is 0 Å². The van der Waals surface area contributed by atoms with Crippen LogP contribution in [0.4, 0.5) is 0 Å². The molecule has 0 unspecified atom stereocenters. The molecule has 0 saturated carbocycles. The van der Waals surface area contributed by atoms with E-state index in [-0.39, 0.29) is 5.91 Å². The van der Waals surface area contributed by atoms with E-state index in [1.165, 1.54) is 11.8 Å². The van der Waals surface area contributed by atoms with Gasteiger partial charge in [-0.3, -0.25) is 14.3 Å². The van der Waals surface area contributed by atoms with Crippen LogP contribution in [-0.2, 0) is 4.79 Å². The maximum absolute atomic E-state index is 13.5. The molecular weight excluding hydrogens is 454 g/mol. The van der Waals surface area contributed by atoms with Gasteiger partial charge in [0.25, 0.3) is 0 Å². The number of nitrogens with zero attached hydrogens (tertiary/aromatic N) is 5. The molecule has 1 amide bonds. The Labute approximate surface area is 201 Å². The van der Waals surface area contributed by atoms with Crippen LogP contribution in [-0.4, -0.2) is 43.6 Å². The molecule has 166 valence electrons. The molecule has 0 N–H and O–H groups in total. The Morgan fingerprint density at radius 1 is 0.909 bits per heavy atom. The first-order chi connectivity index (χ1) is 16.2. The van der Waals surface area contributed by atoms with Gasteiger partial charge in [-0.05, 0) is 54.8 Å². The maximum Gasteiger partial charge on any atom is 0.240 e. The molecular formula is C25H22ClN5OS. The monoisotopic (exact) mass is 475 g/mol. The van der Waals surface area contributed by atoms with Gasteiger partial charge in [0.1, 0.15) is 5.25 Å². The number of benzene rings is 2. The summed E-state index contributed by atoms with van der Waals surface area (Å²) in [6, 6.07) is 21.2. The first kappa shape index (κ1) is 21.7. The topological polar surface area (TPSA) is 63.9 Å². The summed E-state index contributed by atoms with van der Waals surface area (Å²) in [4.78, 5) is 19.6. The molecule has 5 rings (SSSR count). The van der Waals surface area contributed by atoms with Gasteiger partial charge < -0.3 is 4.90 Å². The minimum absolute atomic E-state index is 0.111. The molecule has 2 aromatic heterocycles. The van der Waals surface area contributed by atoms with E-state index in [4.69, 9.17) is 11.6 Å². The van der Waals surface area contributed by atoms with E-state index in [9.17, 15) is 4.79 Å². The van der Waals surface area contributed by atoms with Crippen molar-refractivity contribution in [2.45, 2.75) is 23.2 Å². The predicted molar refractivity (Wildman–Crippen MR) is 130 cm³/mol. The number of carbonyl (C=O) groups is 1. The van der Waals surface area contributed by atoms with Crippen LogP contribution in [0.2, 0.25) is 5.02 Å². The highest BCUT2D eigenvalue weighted by Gasteiger charge is 2.31. The zero-order valence-electron chi connectivity index (χ0n) is 17.8. The number of amides is 1. The number of hydrogen-bond acceptors (Lipinski definition) is 5. The third-order valence-electron chi connectivity index (χ3n) is 5.62. The number of halogens is 1. The van der Waals surface area contributed by atoms with Gasteiger partial charge in [0, 0.05) is 41.8 Å². The number of pyridine rings is 1. The van der Waals surface area contributed by atoms with Gasteiger partial charge in [0.2, 0.25) is 5.91 Å². The molecule has 8 heteroatoms. The van der Waals surface area contributed by atoms with Crippen molar-refractivity contribution in [3.63, 3.8) is 0 Å². The fraction of sp³-hybridized carbons (Fsp3) is 0.200. The quantitative estimate of drug-likeness (QED) is 0.347. The molecule has 4 aromatic rings. The molecule has 1 fully saturated rings. The number of carbonyl (C=O) groups excluding carboxylic acids is 1. The van der Waals surface area contributed by atoms with Gasteiger partial charge in [-0.1, -0.05) is 53.7 Å². The number of aromatic nitrogens is 4. The molecule has 0 bridgehead atoms. The van der Waals surface area contributed by atoms with Gasteiger partial charge in [0.05, 0.1) is 0 Å². The van der Waals surface area contributed by atoms with Crippen molar-refractivity contribution < 1.29 is 4.79 Å². The molecule has 3 heterocycles. The van der Waals surface area contributed by atoms with E-state index in [0.717, 1.165) is 42.7 Å². The smallest absolute Gasteiger partial charge is 0.240 e. The molecule has 0 spiro atoms.